The largest absolute Gasteiger partial charge is 0.371 e. The maximum atomic E-state index is 4.39. The highest BCUT2D eigenvalue weighted by atomic mass is 15.3. The number of nitrogens with one attached hydrogen (secondary N) is 1. The van der Waals surface area contributed by atoms with E-state index in [1.807, 2.05) is 30.3 Å². The van der Waals surface area contributed by atoms with Crippen LogP contribution < -0.4 is 10.2 Å². The van der Waals surface area contributed by atoms with Crippen LogP contribution in [0.4, 0.5) is 5.69 Å². The fourth-order valence-corrected chi connectivity index (χ4v) is 2.70. The molecule has 0 amide bonds. The summed E-state index contributed by atoms with van der Waals surface area (Å²) in [4.78, 5) is 6.50. The summed E-state index contributed by atoms with van der Waals surface area (Å²) in [5.41, 5.74) is 2.40. The first-order valence-corrected chi connectivity index (χ1v) is 7.18. The molecule has 0 spiro atoms. The zero-order valence-electron chi connectivity index (χ0n) is 11.9. The number of anilines is 1. The van der Waals surface area contributed by atoms with E-state index in [2.05, 4.69) is 38.5 Å². The summed E-state index contributed by atoms with van der Waals surface area (Å²) >= 11 is 0. The number of piperidine rings is 1. The molecule has 0 unspecified atom stereocenters. The van der Waals surface area contributed by atoms with E-state index >= 15 is 0 Å². The number of pyridine rings is 1. The molecule has 0 atom stereocenters. The van der Waals surface area contributed by atoms with Gasteiger partial charge in [-0.3, -0.25) is 9.67 Å². The van der Waals surface area contributed by atoms with E-state index in [0.717, 1.165) is 25.3 Å². The minimum absolute atomic E-state index is 0.593. The molecular weight excluding hydrogens is 250 g/mol. The summed E-state index contributed by atoms with van der Waals surface area (Å²) in [5.74, 6) is 0. The molecule has 1 N–H and O–H groups in total. The van der Waals surface area contributed by atoms with Crippen molar-refractivity contribution in [1.82, 2.24) is 20.1 Å². The Hall–Kier alpha value is -1.88. The van der Waals surface area contributed by atoms with Gasteiger partial charge in [0.15, 0.2) is 0 Å². The fourth-order valence-electron chi connectivity index (χ4n) is 2.70. The quantitative estimate of drug-likeness (QED) is 0.917. The molecule has 20 heavy (non-hydrogen) atoms. The Morgan fingerprint density at radius 3 is 2.60 bits per heavy atom. The fraction of sp³-hybridized carbons (Fsp3) is 0.467. The molecule has 1 aliphatic heterocycles. The van der Waals surface area contributed by atoms with E-state index in [0.29, 0.717) is 6.04 Å². The third kappa shape index (κ3) is 3.17. The van der Waals surface area contributed by atoms with Gasteiger partial charge in [-0.15, -0.1) is 0 Å². The molecule has 3 heterocycles. The molecular formula is C15H21N5. The first-order chi connectivity index (χ1) is 9.81. The number of rotatable bonds is 4. The highest BCUT2D eigenvalue weighted by molar-refractivity contribution is 5.44. The van der Waals surface area contributed by atoms with Crippen molar-refractivity contribution in [2.45, 2.75) is 25.4 Å². The van der Waals surface area contributed by atoms with E-state index in [9.17, 15) is 0 Å². The minimum Gasteiger partial charge on any atom is -0.371 e. The Morgan fingerprint density at radius 2 is 1.95 bits per heavy atom. The van der Waals surface area contributed by atoms with Crippen LogP contribution >= 0.6 is 0 Å². The van der Waals surface area contributed by atoms with Crippen LogP contribution in [0.25, 0.3) is 0 Å². The van der Waals surface area contributed by atoms with Gasteiger partial charge in [-0.25, -0.2) is 0 Å². The Kier molecular flexibility index (Phi) is 3.97. The van der Waals surface area contributed by atoms with E-state index in [1.54, 1.807) is 0 Å². The molecule has 5 nitrogen and oxygen atoms in total. The average Bonchev–Trinajstić information content (AvgIpc) is 2.92. The van der Waals surface area contributed by atoms with E-state index in [4.69, 9.17) is 0 Å². The van der Waals surface area contributed by atoms with Gasteiger partial charge in [0.05, 0.1) is 5.69 Å². The van der Waals surface area contributed by atoms with Crippen molar-refractivity contribution in [1.29, 1.82) is 0 Å². The van der Waals surface area contributed by atoms with Crippen LogP contribution in [-0.2, 0) is 13.6 Å². The standard InChI is InChI=1S/C15H21N5/c1-19-9-4-14(18-19)12-17-13-5-10-20(11-6-13)15-2-7-16-8-3-15/h2-4,7-9,13,17H,5-6,10-12H2,1H3. The lowest BCUT2D eigenvalue weighted by Gasteiger charge is -2.33. The molecule has 0 saturated carbocycles. The average molecular weight is 271 g/mol. The van der Waals surface area contributed by atoms with Crippen molar-refractivity contribution in [3.63, 3.8) is 0 Å². The van der Waals surface area contributed by atoms with E-state index in [-0.39, 0.29) is 0 Å². The van der Waals surface area contributed by atoms with Gasteiger partial charge < -0.3 is 10.2 Å². The summed E-state index contributed by atoms with van der Waals surface area (Å²) in [6.45, 7) is 3.06. The predicted octanol–water partition coefficient (Wildman–Crippen LogP) is 1.57. The first kappa shape index (κ1) is 13.1. The van der Waals surface area contributed by atoms with Crippen molar-refractivity contribution >= 4 is 5.69 Å². The summed E-state index contributed by atoms with van der Waals surface area (Å²) in [6.07, 6.45) is 8.06. The summed E-state index contributed by atoms with van der Waals surface area (Å²) in [5, 5.41) is 8.00. The van der Waals surface area contributed by atoms with Gasteiger partial charge in [-0.05, 0) is 31.0 Å². The summed E-state index contributed by atoms with van der Waals surface area (Å²) in [7, 11) is 1.96. The summed E-state index contributed by atoms with van der Waals surface area (Å²) in [6, 6.07) is 6.83. The molecule has 2 aromatic rings. The van der Waals surface area contributed by atoms with E-state index < -0.39 is 0 Å². The van der Waals surface area contributed by atoms with Gasteiger partial charge >= 0.3 is 0 Å². The molecule has 3 rings (SSSR count). The molecule has 0 radical (unpaired) electrons. The first-order valence-electron chi connectivity index (χ1n) is 7.18. The summed E-state index contributed by atoms with van der Waals surface area (Å²) < 4.78 is 1.85. The lowest BCUT2D eigenvalue weighted by molar-refractivity contribution is 0.411. The third-order valence-corrected chi connectivity index (χ3v) is 3.86. The number of hydrogen-bond donors (Lipinski definition) is 1. The second-order valence-electron chi connectivity index (χ2n) is 5.33. The monoisotopic (exact) mass is 271 g/mol. The molecule has 1 fully saturated rings. The zero-order valence-corrected chi connectivity index (χ0v) is 11.9. The van der Waals surface area contributed by atoms with Crippen LogP contribution in [-0.4, -0.2) is 33.9 Å². The Balaban J connectivity index is 1.47. The molecule has 1 aliphatic rings. The van der Waals surface area contributed by atoms with Crippen LogP contribution in [0.2, 0.25) is 0 Å². The van der Waals surface area contributed by atoms with Crippen molar-refractivity contribution in [3.8, 4) is 0 Å². The van der Waals surface area contributed by atoms with Crippen molar-refractivity contribution in [2.75, 3.05) is 18.0 Å². The molecule has 106 valence electrons. The second kappa shape index (κ2) is 6.05. The van der Waals surface area contributed by atoms with Crippen LogP contribution in [0.3, 0.4) is 0 Å². The predicted molar refractivity (Wildman–Crippen MR) is 79.5 cm³/mol. The molecule has 0 bridgehead atoms. The lowest BCUT2D eigenvalue weighted by atomic mass is 10.0. The highest BCUT2D eigenvalue weighted by Crippen LogP contribution is 2.18. The molecule has 2 aromatic heterocycles. The SMILES string of the molecule is Cn1ccc(CNC2CCN(c3ccncc3)CC2)n1. The van der Waals surface area contributed by atoms with Crippen molar-refractivity contribution in [2.24, 2.45) is 7.05 Å². The normalized spacial score (nSPS) is 16.6. The smallest absolute Gasteiger partial charge is 0.0762 e. The van der Waals surface area contributed by atoms with Gasteiger partial charge in [0.25, 0.3) is 0 Å². The second-order valence-corrected chi connectivity index (χ2v) is 5.33. The van der Waals surface area contributed by atoms with Crippen LogP contribution in [0.1, 0.15) is 18.5 Å². The molecule has 1 saturated heterocycles. The number of aryl methyl sites for hydroxylation is 1. The molecule has 0 aliphatic carbocycles. The van der Waals surface area contributed by atoms with Gasteiger partial charge in [0.1, 0.15) is 0 Å². The molecule has 5 heteroatoms. The number of aromatic nitrogens is 3. The maximum Gasteiger partial charge on any atom is 0.0762 e. The Labute approximate surface area is 119 Å². The lowest BCUT2D eigenvalue weighted by Crippen LogP contribution is -2.42. The minimum atomic E-state index is 0.593. The van der Waals surface area contributed by atoms with E-state index in [1.165, 1.54) is 18.5 Å². The van der Waals surface area contributed by atoms with Crippen LogP contribution in [0.15, 0.2) is 36.8 Å². The zero-order chi connectivity index (χ0) is 13.8. The maximum absolute atomic E-state index is 4.39. The molecule has 0 aromatic carbocycles. The topological polar surface area (TPSA) is 46.0 Å². The van der Waals surface area contributed by atoms with Gasteiger partial charge in [-0.2, -0.15) is 5.10 Å². The van der Waals surface area contributed by atoms with Gasteiger partial charge in [0.2, 0.25) is 0 Å². The number of hydrogen-bond acceptors (Lipinski definition) is 4. The van der Waals surface area contributed by atoms with Gasteiger partial charge in [0, 0.05) is 57.0 Å². The highest BCUT2D eigenvalue weighted by Gasteiger charge is 2.19. The Bertz CT molecular complexity index is 528. The Morgan fingerprint density at radius 1 is 1.20 bits per heavy atom. The van der Waals surface area contributed by atoms with Crippen molar-refractivity contribution < 1.29 is 0 Å². The number of nitrogens with zero attached hydrogens (tertiary/aromatic N) is 4. The van der Waals surface area contributed by atoms with Gasteiger partial charge in [-0.1, -0.05) is 0 Å². The third-order valence-electron chi connectivity index (χ3n) is 3.86. The van der Waals surface area contributed by atoms with Crippen molar-refractivity contribution in [3.05, 3.63) is 42.5 Å². The van der Waals surface area contributed by atoms with Crippen LogP contribution in [0, 0.1) is 0 Å². The van der Waals surface area contributed by atoms with Crippen LogP contribution in [0.5, 0.6) is 0 Å².